The number of hydrogen-bond donors (Lipinski definition) is 1. The molecule has 0 aromatic heterocycles. The van der Waals surface area contributed by atoms with E-state index in [4.69, 9.17) is 0 Å². The summed E-state index contributed by atoms with van der Waals surface area (Å²) in [5.41, 5.74) is 1.07. The molecule has 1 aromatic rings. The molecule has 1 saturated carbocycles. The summed E-state index contributed by atoms with van der Waals surface area (Å²) >= 11 is 3.38. The fourth-order valence-corrected chi connectivity index (χ4v) is 3.31. The number of rotatable bonds is 4. The molecule has 2 rings (SSSR count). The summed E-state index contributed by atoms with van der Waals surface area (Å²) in [6, 6.07) is 5.62. The smallest absolute Gasteiger partial charge is 0.137 e. The third-order valence-corrected chi connectivity index (χ3v) is 4.45. The molecule has 17 heavy (non-hydrogen) atoms. The summed E-state index contributed by atoms with van der Waals surface area (Å²) in [5, 5.41) is 3.51. The zero-order valence-corrected chi connectivity index (χ0v) is 11.8. The molecule has 0 radical (unpaired) electrons. The number of hydrogen-bond acceptors (Lipinski definition) is 1. The Kier molecular flexibility index (Phi) is 4.57. The first-order chi connectivity index (χ1) is 8.24. The van der Waals surface area contributed by atoms with Crippen LogP contribution in [0.1, 0.15) is 44.2 Å². The fourth-order valence-electron chi connectivity index (χ4n) is 2.80. The molecule has 1 N–H and O–H groups in total. The minimum absolute atomic E-state index is 0.164. The molecule has 1 fully saturated rings. The molecule has 94 valence electrons. The average Bonchev–Trinajstić information content (AvgIpc) is 2.84. The van der Waals surface area contributed by atoms with Crippen molar-refractivity contribution in [1.29, 1.82) is 0 Å². The van der Waals surface area contributed by atoms with E-state index in [0.29, 0.717) is 10.4 Å². The molecular formula is C14H19BrFN. The number of halogens is 2. The standard InChI is InChI=1S/C14H19BrFN/c1-2-17-14(10-6-3-4-7-10)11-8-5-9-12(16)13(11)15/h5,8-10,14,17H,2-4,6-7H2,1H3. The van der Waals surface area contributed by atoms with E-state index in [1.807, 2.05) is 6.07 Å². The lowest BCUT2D eigenvalue weighted by Gasteiger charge is -2.26. The van der Waals surface area contributed by atoms with Crippen LogP contribution in [-0.2, 0) is 0 Å². The Morgan fingerprint density at radius 2 is 2.12 bits per heavy atom. The van der Waals surface area contributed by atoms with Gasteiger partial charge in [0, 0.05) is 6.04 Å². The summed E-state index contributed by atoms with van der Waals surface area (Å²) in [6.45, 7) is 3.03. The fraction of sp³-hybridized carbons (Fsp3) is 0.571. The maximum Gasteiger partial charge on any atom is 0.137 e. The highest BCUT2D eigenvalue weighted by atomic mass is 79.9. The predicted molar refractivity (Wildman–Crippen MR) is 72.5 cm³/mol. The maximum atomic E-state index is 13.6. The Morgan fingerprint density at radius 3 is 2.76 bits per heavy atom. The molecular weight excluding hydrogens is 281 g/mol. The Morgan fingerprint density at radius 1 is 1.41 bits per heavy atom. The minimum Gasteiger partial charge on any atom is -0.310 e. The van der Waals surface area contributed by atoms with E-state index >= 15 is 0 Å². The van der Waals surface area contributed by atoms with Crippen molar-refractivity contribution in [3.8, 4) is 0 Å². The SMILES string of the molecule is CCNC(c1cccc(F)c1Br)C1CCCC1. The summed E-state index contributed by atoms with van der Waals surface area (Å²) in [4.78, 5) is 0. The van der Waals surface area contributed by atoms with Crippen LogP contribution in [0.4, 0.5) is 4.39 Å². The van der Waals surface area contributed by atoms with Crippen LogP contribution < -0.4 is 5.32 Å². The molecule has 0 bridgehead atoms. The number of benzene rings is 1. The van der Waals surface area contributed by atoms with Gasteiger partial charge in [0.05, 0.1) is 4.47 Å². The Balaban J connectivity index is 2.27. The van der Waals surface area contributed by atoms with Crippen molar-refractivity contribution in [2.45, 2.75) is 38.6 Å². The third-order valence-electron chi connectivity index (χ3n) is 3.61. The normalized spacial score (nSPS) is 18.5. The third kappa shape index (κ3) is 2.89. The van der Waals surface area contributed by atoms with E-state index in [0.717, 1.165) is 12.1 Å². The molecule has 1 unspecified atom stereocenters. The van der Waals surface area contributed by atoms with Crippen LogP contribution in [0.25, 0.3) is 0 Å². The predicted octanol–water partition coefficient (Wildman–Crippen LogP) is 4.43. The quantitative estimate of drug-likeness (QED) is 0.867. The summed E-state index contributed by atoms with van der Waals surface area (Å²) in [7, 11) is 0. The van der Waals surface area contributed by atoms with Crippen molar-refractivity contribution < 1.29 is 4.39 Å². The Labute approximate surface area is 111 Å². The average molecular weight is 300 g/mol. The second kappa shape index (κ2) is 5.96. The Hall–Kier alpha value is -0.410. The molecule has 0 spiro atoms. The zero-order chi connectivity index (χ0) is 12.3. The van der Waals surface area contributed by atoms with Crippen molar-refractivity contribution >= 4 is 15.9 Å². The van der Waals surface area contributed by atoms with Crippen molar-refractivity contribution in [3.63, 3.8) is 0 Å². The molecule has 0 aliphatic heterocycles. The summed E-state index contributed by atoms with van der Waals surface area (Å²) in [5.74, 6) is 0.483. The topological polar surface area (TPSA) is 12.0 Å². The van der Waals surface area contributed by atoms with Crippen molar-refractivity contribution in [3.05, 3.63) is 34.1 Å². The van der Waals surface area contributed by atoms with Gasteiger partial charge in [-0.1, -0.05) is 31.9 Å². The van der Waals surface area contributed by atoms with E-state index in [-0.39, 0.29) is 11.9 Å². The van der Waals surface area contributed by atoms with Gasteiger partial charge in [-0.25, -0.2) is 4.39 Å². The van der Waals surface area contributed by atoms with E-state index < -0.39 is 0 Å². The van der Waals surface area contributed by atoms with Crippen molar-refractivity contribution in [2.75, 3.05) is 6.54 Å². The molecule has 1 aliphatic rings. The van der Waals surface area contributed by atoms with Crippen LogP contribution >= 0.6 is 15.9 Å². The first-order valence-corrected chi connectivity index (χ1v) is 7.20. The highest BCUT2D eigenvalue weighted by Gasteiger charge is 2.27. The molecule has 1 aromatic carbocycles. The molecule has 3 heteroatoms. The van der Waals surface area contributed by atoms with Gasteiger partial charge in [-0.15, -0.1) is 0 Å². The van der Waals surface area contributed by atoms with E-state index in [9.17, 15) is 4.39 Å². The molecule has 0 saturated heterocycles. The second-order valence-electron chi connectivity index (χ2n) is 4.72. The second-order valence-corrected chi connectivity index (χ2v) is 5.52. The number of nitrogens with one attached hydrogen (secondary N) is 1. The van der Waals surface area contributed by atoms with E-state index in [2.05, 4.69) is 28.2 Å². The van der Waals surface area contributed by atoms with Gasteiger partial charge < -0.3 is 5.32 Å². The largest absolute Gasteiger partial charge is 0.310 e. The van der Waals surface area contributed by atoms with Gasteiger partial charge in [-0.3, -0.25) is 0 Å². The zero-order valence-electron chi connectivity index (χ0n) is 10.2. The molecule has 0 heterocycles. The molecule has 0 amide bonds. The van der Waals surface area contributed by atoms with Crippen LogP contribution in [0.2, 0.25) is 0 Å². The van der Waals surface area contributed by atoms with E-state index in [1.54, 1.807) is 6.07 Å². The first kappa shape index (κ1) is 13.0. The molecule has 1 aliphatic carbocycles. The highest BCUT2D eigenvalue weighted by molar-refractivity contribution is 9.10. The summed E-state index contributed by atoms with van der Waals surface area (Å²) in [6.07, 6.45) is 5.11. The minimum atomic E-state index is -0.164. The summed E-state index contributed by atoms with van der Waals surface area (Å²) < 4.78 is 14.2. The van der Waals surface area contributed by atoms with Gasteiger partial charge in [0.25, 0.3) is 0 Å². The van der Waals surface area contributed by atoms with Gasteiger partial charge in [-0.2, -0.15) is 0 Å². The van der Waals surface area contributed by atoms with Gasteiger partial charge in [0.2, 0.25) is 0 Å². The van der Waals surface area contributed by atoms with Crippen LogP contribution in [0, 0.1) is 11.7 Å². The van der Waals surface area contributed by atoms with E-state index in [1.165, 1.54) is 31.7 Å². The van der Waals surface area contributed by atoms with Crippen LogP contribution in [-0.4, -0.2) is 6.54 Å². The highest BCUT2D eigenvalue weighted by Crippen LogP contribution is 2.38. The lowest BCUT2D eigenvalue weighted by molar-refractivity contribution is 0.372. The molecule has 1 nitrogen and oxygen atoms in total. The van der Waals surface area contributed by atoms with Crippen molar-refractivity contribution in [1.82, 2.24) is 5.32 Å². The lowest BCUT2D eigenvalue weighted by Crippen LogP contribution is -2.27. The van der Waals surface area contributed by atoms with Gasteiger partial charge in [0.1, 0.15) is 5.82 Å². The van der Waals surface area contributed by atoms with Gasteiger partial charge in [0.15, 0.2) is 0 Å². The Bertz CT molecular complexity index is 374. The first-order valence-electron chi connectivity index (χ1n) is 6.41. The van der Waals surface area contributed by atoms with Crippen molar-refractivity contribution in [2.24, 2.45) is 5.92 Å². The monoisotopic (exact) mass is 299 g/mol. The maximum absolute atomic E-state index is 13.6. The van der Waals surface area contributed by atoms with Crippen LogP contribution in [0.15, 0.2) is 22.7 Å². The molecule has 1 atom stereocenters. The van der Waals surface area contributed by atoms with Crippen LogP contribution in [0.3, 0.4) is 0 Å². The van der Waals surface area contributed by atoms with Gasteiger partial charge >= 0.3 is 0 Å². The van der Waals surface area contributed by atoms with Crippen LogP contribution in [0.5, 0.6) is 0 Å². The lowest BCUT2D eigenvalue weighted by atomic mass is 9.91. The van der Waals surface area contributed by atoms with Gasteiger partial charge in [-0.05, 0) is 52.9 Å².